The van der Waals surface area contributed by atoms with Gasteiger partial charge in [-0.1, -0.05) is 53.0 Å². The van der Waals surface area contributed by atoms with Gasteiger partial charge in [-0.15, -0.1) is 0 Å². The Hall–Kier alpha value is -3.17. The largest absolute Gasteiger partial charge is 0.493 e. The summed E-state index contributed by atoms with van der Waals surface area (Å²) < 4.78 is 11.2. The van der Waals surface area contributed by atoms with Crippen LogP contribution in [0.1, 0.15) is 11.1 Å². The van der Waals surface area contributed by atoms with Gasteiger partial charge in [-0.3, -0.25) is 4.79 Å². The van der Waals surface area contributed by atoms with Crippen molar-refractivity contribution in [2.24, 2.45) is 0 Å². The molecule has 5 nitrogen and oxygen atoms in total. The van der Waals surface area contributed by atoms with Crippen molar-refractivity contribution >= 4 is 52.5 Å². The summed E-state index contributed by atoms with van der Waals surface area (Å²) in [5.41, 5.74) is 1.74. The lowest BCUT2D eigenvalue weighted by Gasteiger charge is -2.12. The zero-order valence-electron chi connectivity index (χ0n) is 16.9. The number of anilines is 1. The third-order valence-electron chi connectivity index (χ3n) is 4.34. The fourth-order valence-corrected chi connectivity index (χ4v) is 3.42. The van der Waals surface area contributed by atoms with Crippen molar-refractivity contribution in [2.75, 3.05) is 12.4 Å². The van der Waals surface area contributed by atoms with Crippen LogP contribution in [0.15, 0.2) is 66.2 Å². The van der Waals surface area contributed by atoms with E-state index in [1.165, 1.54) is 13.2 Å². The highest BCUT2D eigenvalue weighted by Gasteiger charge is 2.12. The number of carbonyl (C=O) groups is 1. The first kappa shape index (κ1) is 23.5. The molecule has 1 N–H and O–H groups in total. The maximum absolute atomic E-state index is 12.5. The van der Waals surface area contributed by atoms with Crippen molar-refractivity contribution < 1.29 is 14.3 Å². The molecule has 1 amide bonds. The zero-order valence-corrected chi connectivity index (χ0v) is 19.1. The van der Waals surface area contributed by atoms with Crippen LogP contribution in [0.25, 0.3) is 6.08 Å². The van der Waals surface area contributed by atoms with Crippen molar-refractivity contribution in [1.82, 2.24) is 0 Å². The molecule has 0 aromatic heterocycles. The van der Waals surface area contributed by atoms with Gasteiger partial charge in [-0.05, 0) is 54.1 Å². The Labute approximate surface area is 200 Å². The van der Waals surface area contributed by atoms with E-state index in [9.17, 15) is 10.1 Å². The van der Waals surface area contributed by atoms with Crippen LogP contribution < -0.4 is 14.8 Å². The molecule has 8 heteroatoms. The quantitative estimate of drug-likeness (QED) is 0.294. The highest BCUT2D eigenvalue weighted by atomic mass is 35.5. The van der Waals surface area contributed by atoms with Crippen LogP contribution in [0.2, 0.25) is 15.1 Å². The van der Waals surface area contributed by atoms with Gasteiger partial charge in [-0.25, -0.2) is 0 Å². The number of benzene rings is 3. The van der Waals surface area contributed by atoms with Crippen molar-refractivity contribution in [1.29, 1.82) is 5.26 Å². The van der Waals surface area contributed by atoms with Crippen LogP contribution in [-0.2, 0) is 11.4 Å². The SMILES string of the molecule is COc1ccc(/C=C(\C#N)C(=O)Nc2cccc(Cl)c2)cc1OCc1ccc(Cl)cc1Cl. The first-order valence-electron chi connectivity index (χ1n) is 9.33. The van der Waals surface area contributed by atoms with E-state index >= 15 is 0 Å². The van der Waals surface area contributed by atoms with Crippen molar-refractivity contribution in [3.8, 4) is 17.6 Å². The maximum Gasteiger partial charge on any atom is 0.266 e. The number of amides is 1. The lowest BCUT2D eigenvalue weighted by Crippen LogP contribution is -2.13. The minimum absolute atomic E-state index is 0.0816. The summed E-state index contributed by atoms with van der Waals surface area (Å²) in [6.45, 7) is 0.180. The summed E-state index contributed by atoms with van der Waals surface area (Å²) >= 11 is 18.1. The van der Waals surface area contributed by atoms with Crippen LogP contribution >= 0.6 is 34.8 Å². The second-order valence-corrected chi connectivity index (χ2v) is 7.85. The van der Waals surface area contributed by atoms with Crippen molar-refractivity contribution in [2.45, 2.75) is 6.61 Å². The van der Waals surface area contributed by atoms with E-state index < -0.39 is 5.91 Å². The highest BCUT2D eigenvalue weighted by Crippen LogP contribution is 2.31. The number of hydrogen-bond donors (Lipinski definition) is 1. The average Bonchev–Trinajstić information content (AvgIpc) is 2.77. The summed E-state index contributed by atoms with van der Waals surface area (Å²) in [5, 5.41) is 13.6. The first-order valence-corrected chi connectivity index (χ1v) is 10.5. The van der Waals surface area contributed by atoms with Crippen molar-refractivity contribution in [3.63, 3.8) is 0 Å². The van der Waals surface area contributed by atoms with E-state index in [-0.39, 0.29) is 12.2 Å². The highest BCUT2D eigenvalue weighted by molar-refractivity contribution is 6.35. The van der Waals surface area contributed by atoms with Gasteiger partial charge in [0.2, 0.25) is 0 Å². The van der Waals surface area contributed by atoms with E-state index in [1.54, 1.807) is 60.7 Å². The second-order valence-electron chi connectivity index (χ2n) is 6.57. The minimum atomic E-state index is -0.555. The van der Waals surface area contributed by atoms with Crippen LogP contribution in [0.5, 0.6) is 11.5 Å². The molecule has 0 bridgehead atoms. The van der Waals surface area contributed by atoms with Gasteiger partial charge in [-0.2, -0.15) is 5.26 Å². The smallest absolute Gasteiger partial charge is 0.266 e. The van der Waals surface area contributed by atoms with Gasteiger partial charge in [0.05, 0.1) is 7.11 Å². The van der Waals surface area contributed by atoms with E-state index in [0.29, 0.717) is 37.8 Å². The van der Waals surface area contributed by atoms with Crippen LogP contribution in [0, 0.1) is 11.3 Å². The summed E-state index contributed by atoms with van der Waals surface area (Å²) in [4.78, 5) is 12.5. The fraction of sp³-hybridized carbons (Fsp3) is 0.0833. The summed E-state index contributed by atoms with van der Waals surface area (Å²) in [6.07, 6.45) is 1.46. The second kappa shape index (κ2) is 10.9. The molecule has 0 unspecified atom stereocenters. The topological polar surface area (TPSA) is 71.3 Å². The van der Waals surface area contributed by atoms with E-state index in [2.05, 4.69) is 5.32 Å². The number of nitrogens with one attached hydrogen (secondary N) is 1. The third kappa shape index (κ3) is 6.18. The Bertz CT molecular complexity index is 1220. The molecule has 0 spiro atoms. The van der Waals surface area contributed by atoms with Gasteiger partial charge in [0, 0.05) is 26.3 Å². The number of rotatable bonds is 7. The Morgan fingerprint density at radius 2 is 1.81 bits per heavy atom. The van der Waals surface area contributed by atoms with Gasteiger partial charge in [0.1, 0.15) is 18.2 Å². The number of hydrogen-bond acceptors (Lipinski definition) is 4. The molecular formula is C24H17Cl3N2O3. The fourth-order valence-electron chi connectivity index (χ4n) is 2.77. The number of carbonyl (C=O) groups excluding carboxylic acids is 1. The molecule has 0 saturated carbocycles. The van der Waals surface area contributed by atoms with Gasteiger partial charge in [0.15, 0.2) is 11.5 Å². The molecule has 3 aromatic carbocycles. The third-order valence-corrected chi connectivity index (χ3v) is 5.17. The Balaban J connectivity index is 1.81. The number of nitriles is 1. The number of ether oxygens (including phenoxy) is 2. The molecule has 0 aliphatic heterocycles. The predicted octanol–water partition coefficient (Wildman–Crippen LogP) is 6.78. The monoisotopic (exact) mass is 486 g/mol. The molecule has 0 radical (unpaired) electrons. The molecule has 3 rings (SSSR count). The molecular weight excluding hydrogens is 471 g/mol. The molecule has 0 saturated heterocycles. The predicted molar refractivity (Wildman–Crippen MR) is 127 cm³/mol. The van der Waals surface area contributed by atoms with Crippen LogP contribution in [0.3, 0.4) is 0 Å². The molecule has 0 atom stereocenters. The Morgan fingerprint density at radius 1 is 1.03 bits per heavy atom. The van der Waals surface area contributed by atoms with E-state index in [1.807, 2.05) is 6.07 Å². The minimum Gasteiger partial charge on any atom is -0.493 e. The number of methoxy groups -OCH3 is 1. The van der Waals surface area contributed by atoms with Crippen LogP contribution in [0.4, 0.5) is 5.69 Å². The lowest BCUT2D eigenvalue weighted by molar-refractivity contribution is -0.112. The molecule has 3 aromatic rings. The summed E-state index contributed by atoms with van der Waals surface area (Å²) in [6, 6.07) is 18.8. The molecule has 162 valence electrons. The van der Waals surface area contributed by atoms with Gasteiger partial charge < -0.3 is 14.8 Å². The molecule has 0 fully saturated rings. The van der Waals surface area contributed by atoms with E-state index in [0.717, 1.165) is 5.56 Å². The van der Waals surface area contributed by atoms with Crippen molar-refractivity contribution in [3.05, 3.63) is 92.4 Å². The molecule has 0 aliphatic carbocycles. The Kier molecular flexibility index (Phi) is 8.02. The molecule has 0 aliphatic rings. The number of nitrogens with zero attached hydrogens (tertiary/aromatic N) is 1. The molecule has 0 heterocycles. The number of halogens is 3. The summed E-state index contributed by atoms with van der Waals surface area (Å²) in [5.74, 6) is 0.370. The maximum atomic E-state index is 12.5. The van der Waals surface area contributed by atoms with E-state index in [4.69, 9.17) is 44.3 Å². The summed E-state index contributed by atoms with van der Waals surface area (Å²) in [7, 11) is 1.52. The zero-order chi connectivity index (χ0) is 23.1. The standard InChI is InChI=1S/C24H17Cl3N2O3/c1-31-22-8-5-15(10-23(22)32-14-16-6-7-19(26)12-21(16)27)9-17(13-28)24(30)29-20-4-2-3-18(25)11-20/h2-12H,14H2,1H3,(H,29,30)/b17-9+. The average molecular weight is 488 g/mol. The normalized spacial score (nSPS) is 10.9. The van der Waals surface area contributed by atoms with Gasteiger partial charge in [0.25, 0.3) is 5.91 Å². The van der Waals surface area contributed by atoms with Crippen LogP contribution in [-0.4, -0.2) is 13.0 Å². The van der Waals surface area contributed by atoms with Gasteiger partial charge >= 0.3 is 0 Å². The lowest BCUT2D eigenvalue weighted by atomic mass is 10.1. The first-order chi connectivity index (χ1) is 15.4. The Morgan fingerprint density at radius 3 is 2.50 bits per heavy atom. The molecule has 32 heavy (non-hydrogen) atoms.